The van der Waals surface area contributed by atoms with Crippen LogP contribution in [0.2, 0.25) is 0 Å². The van der Waals surface area contributed by atoms with Gasteiger partial charge in [-0.1, -0.05) is 0 Å². The van der Waals surface area contributed by atoms with Gasteiger partial charge in [-0.05, 0) is 11.8 Å². The Morgan fingerprint density at radius 3 is 1.44 bits per heavy atom. The Kier molecular flexibility index (Phi) is 6.32. The van der Waals surface area contributed by atoms with Crippen molar-refractivity contribution in [2.75, 3.05) is 0 Å². The molecule has 0 aromatic carbocycles. The first-order valence-corrected chi connectivity index (χ1v) is 4.37. The largest absolute Gasteiger partial charge is 0.481 e. The number of aliphatic carboxylic acids is 1. The average molecular weight is 174 g/mol. The Morgan fingerprint density at radius 1 is 1.44 bits per heavy atom. The lowest BCUT2D eigenvalue weighted by Crippen LogP contribution is -1.78. The van der Waals surface area contributed by atoms with E-state index in [-0.39, 0.29) is 0 Å². The van der Waals surface area contributed by atoms with Crippen molar-refractivity contribution in [2.45, 2.75) is 6.92 Å². The van der Waals surface area contributed by atoms with Gasteiger partial charge in [0.15, 0.2) is 0 Å². The summed E-state index contributed by atoms with van der Waals surface area (Å²) in [4.78, 5) is 31.7. The highest BCUT2D eigenvalue weighted by molar-refractivity contribution is 8.06. The van der Waals surface area contributed by atoms with Gasteiger partial charge in [-0.15, -0.1) is 0 Å². The fourth-order valence-corrected chi connectivity index (χ4v) is 0. The van der Waals surface area contributed by atoms with E-state index in [0.717, 1.165) is 6.92 Å². The monoisotopic (exact) mass is 174 g/mol. The minimum atomic E-state index is -3.81. The van der Waals surface area contributed by atoms with Crippen LogP contribution in [-0.4, -0.2) is 25.8 Å². The van der Waals surface area contributed by atoms with Gasteiger partial charge in [0, 0.05) is 6.92 Å². The topological polar surface area (TPSA) is 98.0 Å². The van der Waals surface area contributed by atoms with Crippen molar-refractivity contribution < 1.29 is 24.6 Å². The molecule has 0 atom stereocenters. The summed E-state index contributed by atoms with van der Waals surface area (Å²) in [7, 11) is 0. The Bertz CT molecular complexity index is 115. The maximum Gasteiger partial charge on any atom is 0.319 e. The van der Waals surface area contributed by atoms with Gasteiger partial charge in [-0.25, -0.2) is 0 Å². The third-order valence-corrected chi connectivity index (χ3v) is 0. The highest BCUT2D eigenvalue weighted by Crippen LogP contribution is 2.26. The zero-order chi connectivity index (χ0) is 8.08. The second-order valence-electron chi connectivity index (χ2n) is 1.03. The molecule has 0 saturated carbocycles. The first-order chi connectivity index (χ1) is 3.73. The lowest BCUT2D eigenvalue weighted by molar-refractivity contribution is -0.134. The Morgan fingerprint density at radius 2 is 1.44 bits per heavy atom. The summed E-state index contributed by atoms with van der Waals surface area (Å²) in [6, 6.07) is 0. The van der Waals surface area contributed by atoms with Crippen molar-refractivity contribution in [3.8, 4) is 0 Å². The van der Waals surface area contributed by atoms with Gasteiger partial charge in [0.1, 0.15) is 0 Å². The molecule has 0 aromatic heterocycles. The normalized spacial score (nSPS) is 9.33. The Balaban J connectivity index is 0. The second-order valence-corrected chi connectivity index (χ2v) is 3.53. The van der Waals surface area contributed by atoms with Crippen molar-refractivity contribution in [3.63, 3.8) is 0 Å². The van der Waals surface area contributed by atoms with Crippen molar-refractivity contribution >= 4 is 24.5 Å². The molecule has 0 aromatic rings. The summed E-state index contributed by atoms with van der Waals surface area (Å²) in [6.45, 7) is -2.72. The van der Waals surface area contributed by atoms with Crippen LogP contribution in [0.25, 0.3) is 0 Å². The minimum Gasteiger partial charge on any atom is -0.481 e. The Hall–Kier alpha value is -0.0000000000000000833. The van der Waals surface area contributed by atoms with Crippen molar-refractivity contribution in [2.24, 2.45) is 0 Å². The van der Waals surface area contributed by atoms with E-state index in [0.29, 0.717) is 0 Å². The van der Waals surface area contributed by atoms with Crippen LogP contribution in [0, 0.1) is 0 Å². The van der Waals surface area contributed by atoms with E-state index < -0.39 is 12.7 Å². The van der Waals surface area contributed by atoms with Gasteiger partial charge in [-0.2, -0.15) is 0 Å². The summed E-state index contributed by atoms with van der Waals surface area (Å²) in [5.41, 5.74) is 0. The summed E-state index contributed by atoms with van der Waals surface area (Å²) in [6.07, 6.45) is 0. The first-order valence-electron chi connectivity index (χ1n) is 1.71. The quantitative estimate of drug-likeness (QED) is 0.362. The van der Waals surface area contributed by atoms with E-state index in [2.05, 4.69) is 11.8 Å². The average Bonchev–Trinajstić information content (AvgIpc) is 1.19. The SMILES string of the molecule is CC(=O)O.OP(O)(O)=S. The molecular weight excluding hydrogens is 167 g/mol. The summed E-state index contributed by atoms with van der Waals surface area (Å²) >= 11 is 3.60. The maximum atomic E-state index is 9.00. The predicted molar refractivity (Wildman–Crippen MR) is 34.3 cm³/mol. The van der Waals surface area contributed by atoms with Gasteiger partial charge in [0.25, 0.3) is 5.97 Å². The number of hydrogen-bond acceptors (Lipinski definition) is 2. The number of hydrogen-bond donors (Lipinski definition) is 4. The van der Waals surface area contributed by atoms with Gasteiger partial charge >= 0.3 is 6.72 Å². The Labute approximate surface area is 56.8 Å². The predicted octanol–water partition coefficient (Wildman–Crippen LogP) is -0.721. The molecule has 9 heavy (non-hydrogen) atoms. The van der Waals surface area contributed by atoms with E-state index in [9.17, 15) is 0 Å². The molecule has 0 bridgehead atoms. The molecular formula is C2H7O5PS. The molecule has 0 unspecified atom stereocenters. The number of carboxylic acid groups (broad SMARTS) is 1. The molecule has 0 fully saturated rings. The molecule has 5 nitrogen and oxygen atoms in total. The van der Waals surface area contributed by atoms with E-state index in [1.54, 1.807) is 0 Å². The van der Waals surface area contributed by atoms with Crippen LogP contribution in [0.4, 0.5) is 0 Å². The fraction of sp³-hybridized carbons (Fsp3) is 0.500. The second kappa shape index (κ2) is 4.84. The fourth-order valence-electron chi connectivity index (χ4n) is 0. The number of carboxylic acids is 1. The van der Waals surface area contributed by atoms with E-state index in [1.807, 2.05) is 0 Å². The van der Waals surface area contributed by atoms with Crippen LogP contribution < -0.4 is 0 Å². The third-order valence-electron chi connectivity index (χ3n) is 0. The molecule has 0 aliphatic rings. The summed E-state index contributed by atoms with van der Waals surface area (Å²) < 4.78 is 0. The molecule has 7 heteroatoms. The third kappa shape index (κ3) is 41500000000000000911906223631106048. The highest BCUT2D eigenvalue weighted by Gasteiger charge is 1.92. The molecule has 56 valence electrons. The van der Waals surface area contributed by atoms with Crippen LogP contribution in [0.3, 0.4) is 0 Å². The molecule has 0 aliphatic heterocycles. The summed E-state index contributed by atoms with van der Waals surface area (Å²) in [5, 5.41) is 7.42. The zero-order valence-corrected chi connectivity index (χ0v) is 6.26. The lowest BCUT2D eigenvalue weighted by Gasteiger charge is -1.88. The molecule has 0 amide bonds. The van der Waals surface area contributed by atoms with Gasteiger partial charge in [-0.3, -0.25) is 4.79 Å². The molecule has 0 saturated heterocycles. The molecule has 0 radical (unpaired) electrons. The molecule has 0 heterocycles. The van der Waals surface area contributed by atoms with Crippen molar-refractivity contribution in [1.82, 2.24) is 0 Å². The standard InChI is InChI=1S/C2H4O2.H3O3PS/c1-2(3)4;1-4(2,3)5/h1H3,(H,3,4);(H3,1,2,3,5). The maximum absolute atomic E-state index is 9.00. The molecule has 4 N–H and O–H groups in total. The van der Waals surface area contributed by atoms with Crippen molar-refractivity contribution in [1.29, 1.82) is 0 Å². The van der Waals surface area contributed by atoms with E-state index in [4.69, 9.17) is 24.6 Å². The smallest absolute Gasteiger partial charge is 0.319 e. The highest BCUT2D eigenvalue weighted by atomic mass is 32.5. The summed E-state index contributed by atoms with van der Waals surface area (Å²) in [5.74, 6) is -0.833. The van der Waals surface area contributed by atoms with Gasteiger partial charge < -0.3 is 19.8 Å². The van der Waals surface area contributed by atoms with Gasteiger partial charge in [0.05, 0.1) is 0 Å². The number of carbonyl (C=O) groups is 1. The first kappa shape index (κ1) is 11.8. The van der Waals surface area contributed by atoms with E-state index in [1.165, 1.54) is 0 Å². The molecule has 0 spiro atoms. The van der Waals surface area contributed by atoms with Crippen molar-refractivity contribution in [3.05, 3.63) is 0 Å². The van der Waals surface area contributed by atoms with Crippen LogP contribution >= 0.6 is 6.72 Å². The van der Waals surface area contributed by atoms with Crippen LogP contribution in [0.1, 0.15) is 6.92 Å². The minimum absolute atomic E-state index is 0.833. The number of rotatable bonds is 0. The van der Waals surface area contributed by atoms with E-state index >= 15 is 0 Å². The molecule has 0 aliphatic carbocycles. The zero-order valence-electron chi connectivity index (χ0n) is 4.55. The van der Waals surface area contributed by atoms with Crippen LogP contribution in [0.15, 0.2) is 0 Å². The molecule has 0 rings (SSSR count). The lowest BCUT2D eigenvalue weighted by atomic mass is 10.9. The van der Waals surface area contributed by atoms with Crippen LogP contribution in [0.5, 0.6) is 0 Å². The van der Waals surface area contributed by atoms with Gasteiger partial charge in [0.2, 0.25) is 0 Å². The van der Waals surface area contributed by atoms with Crippen LogP contribution in [-0.2, 0) is 16.6 Å².